The van der Waals surface area contributed by atoms with Crippen LogP contribution in [0.2, 0.25) is 0 Å². The fraction of sp³-hybridized carbons (Fsp3) is 0.308. The highest BCUT2D eigenvalue weighted by atomic mass is 32.2. The first-order valence-electron chi connectivity index (χ1n) is 10.9. The van der Waals surface area contributed by atoms with Crippen LogP contribution >= 0.6 is 0 Å². The van der Waals surface area contributed by atoms with Gasteiger partial charge in [0.05, 0.1) is 5.75 Å². The van der Waals surface area contributed by atoms with Crippen LogP contribution in [0.4, 0.5) is 0 Å². The van der Waals surface area contributed by atoms with Gasteiger partial charge in [-0.05, 0) is 47.6 Å². The van der Waals surface area contributed by atoms with E-state index in [0.29, 0.717) is 25.9 Å². The first-order chi connectivity index (χ1) is 15.4. The summed E-state index contributed by atoms with van der Waals surface area (Å²) >= 11 is 0. The van der Waals surface area contributed by atoms with Crippen molar-refractivity contribution in [1.29, 1.82) is 0 Å². The van der Waals surface area contributed by atoms with Gasteiger partial charge in [-0.25, -0.2) is 8.42 Å². The summed E-state index contributed by atoms with van der Waals surface area (Å²) in [6, 6.07) is 21.6. The van der Waals surface area contributed by atoms with E-state index in [2.05, 4.69) is 11.9 Å². The molecule has 0 aliphatic carbocycles. The molecule has 0 spiro atoms. The summed E-state index contributed by atoms with van der Waals surface area (Å²) in [5.41, 5.74) is 4.16. The van der Waals surface area contributed by atoms with Gasteiger partial charge in [0, 0.05) is 25.5 Å². The molecule has 0 bridgehead atoms. The number of pyridine rings is 1. The molecule has 3 aromatic rings. The minimum Gasteiger partial charge on any atom is -0.333 e. The Morgan fingerprint density at radius 1 is 0.844 bits per heavy atom. The van der Waals surface area contributed by atoms with E-state index in [1.807, 2.05) is 66.7 Å². The Morgan fingerprint density at radius 3 is 2.16 bits per heavy atom. The van der Waals surface area contributed by atoms with Gasteiger partial charge in [-0.15, -0.1) is 0 Å². The molecule has 0 fully saturated rings. The molecule has 1 aromatic heterocycles. The number of nitrogens with zero attached hydrogens (tertiary/aromatic N) is 2. The van der Waals surface area contributed by atoms with Gasteiger partial charge in [-0.1, -0.05) is 67.6 Å². The topological polar surface area (TPSA) is 67.3 Å². The second-order valence-corrected chi connectivity index (χ2v) is 10.1. The summed E-state index contributed by atoms with van der Waals surface area (Å²) < 4.78 is 25.3. The molecule has 0 aliphatic rings. The molecule has 0 aliphatic heterocycles. The van der Waals surface area contributed by atoms with Gasteiger partial charge in [-0.2, -0.15) is 0 Å². The minimum absolute atomic E-state index is 0.000433. The molecule has 0 saturated heterocycles. The maximum Gasteiger partial charge on any atom is 0.238 e. The number of carbonyl (C=O) groups is 1. The SMILES string of the molecule is CCc1ccc(CN(Cc2cccnc2)C(=O)CS(=O)(=O)CCCc2ccccc2)cc1. The zero-order valence-corrected chi connectivity index (χ0v) is 19.3. The van der Waals surface area contributed by atoms with Gasteiger partial charge in [0.15, 0.2) is 9.84 Å². The van der Waals surface area contributed by atoms with Crippen LogP contribution < -0.4 is 0 Å². The number of hydrogen-bond donors (Lipinski definition) is 0. The van der Waals surface area contributed by atoms with Crippen LogP contribution in [0.5, 0.6) is 0 Å². The summed E-state index contributed by atoms with van der Waals surface area (Å²) in [6.45, 7) is 2.77. The average Bonchev–Trinajstić information content (AvgIpc) is 2.80. The van der Waals surface area contributed by atoms with Gasteiger partial charge < -0.3 is 4.90 Å². The zero-order chi connectivity index (χ0) is 22.8. The van der Waals surface area contributed by atoms with Gasteiger partial charge in [0.1, 0.15) is 5.75 Å². The highest BCUT2D eigenvalue weighted by molar-refractivity contribution is 7.92. The largest absolute Gasteiger partial charge is 0.333 e. The number of sulfone groups is 1. The van der Waals surface area contributed by atoms with E-state index in [1.54, 1.807) is 17.3 Å². The monoisotopic (exact) mass is 450 g/mol. The highest BCUT2D eigenvalue weighted by Gasteiger charge is 2.22. The van der Waals surface area contributed by atoms with Gasteiger partial charge in [0.25, 0.3) is 0 Å². The van der Waals surface area contributed by atoms with Crippen LogP contribution in [0.1, 0.15) is 35.6 Å². The lowest BCUT2D eigenvalue weighted by atomic mass is 10.1. The van der Waals surface area contributed by atoms with Gasteiger partial charge in [-0.3, -0.25) is 9.78 Å². The van der Waals surface area contributed by atoms with Crippen molar-refractivity contribution >= 4 is 15.7 Å². The second-order valence-electron chi connectivity index (χ2n) is 7.96. The molecule has 1 amide bonds. The minimum atomic E-state index is -3.50. The van der Waals surface area contributed by atoms with E-state index in [0.717, 1.165) is 23.1 Å². The summed E-state index contributed by atoms with van der Waals surface area (Å²) in [5, 5.41) is 0. The standard InChI is InChI=1S/C26H30N2O3S/c1-2-22-12-14-24(15-13-22)19-28(20-25-10-6-16-27-18-25)26(29)21-32(30,31)17-7-11-23-8-4-3-5-9-23/h3-6,8-10,12-16,18H,2,7,11,17,19-21H2,1H3. The lowest BCUT2D eigenvalue weighted by molar-refractivity contribution is -0.129. The predicted molar refractivity (Wildman–Crippen MR) is 128 cm³/mol. The number of aromatic nitrogens is 1. The van der Waals surface area contributed by atoms with Crippen LogP contribution in [0.25, 0.3) is 0 Å². The fourth-order valence-electron chi connectivity index (χ4n) is 3.54. The van der Waals surface area contributed by atoms with E-state index in [1.165, 1.54) is 5.56 Å². The molecule has 32 heavy (non-hydrogen) atoms. The number of hydrogen-bond acceptors (Lipinski definition) is 4. The predicted octanol–water partition coefficient (Wildman–Crippen LogP) is 4.22. The van der Waals surface area contributed by atoms with Crippen molar-refractivity contribution in [2.75, 3.05) is 11.5 Å². The van der Waals surface area contributed by atoms with E-state index in [4.69, 9.17) is 0 Å². The highest BCUT2D eigenvalue weighted by Crippen LogP contribution is 2.13. The van der Waals surface area contributed by atoms with Crippen LogP contribution in [0.15, 0.2) is 79.1 Å². The average molecular weight is 451 g/mol. The Kier molecular flexibility index (Phi) is 8.56. The second kappa shape index (κ2) is 11.6. The summed E-state index contributed by atoms with van der Waals surface area (Å²) in [6.07, 6.45) is 5.50. The van der Waals surface area contributed by atoms with Crippen LogP contribution in [-0.2, 0) is 40.6 Å². The first-order valence-corrected chi connectivity index (χ1v) is 12.8. The Labute approximate surface area is 191 Å². The van der Waals surface area contributed by atoms with E-state index >= 15 is 0 Å². The third-order valence-electron chi connectivity index (χ3n) is 5.36. The molecule has 0 atom stereocenters. The Hall–Kier alpha value is -2.99. The lowest BCUT2D eigenvalue weighted by Gasteiger charge is -2.23. The van der Waals surface area contributed by atoms with Crippen LogP contribution in [-0.4, -0.2) is 35.7 Å². The van der Waals surface area contributed by atoms with E-state index < -0.39 is 15.6 Å². The molecule has 0 N–H and O–H groups in total. The number of benzene rings is 2. The molecule has 168 valence electrons. The molecular formula is C26H30N2O3S. The number of aryl methyl sites for hydroxylation is 2. The van der Waals surface area contributed by atoms with Crippen molar-refractivity contribution in [2.24, 2.45) is 0 Å². The van der Waals surface area contributed by atoms with Gasteiger partial charge >= 0.3 is 0 Å². The van der Waals surface area contributed by atoms with Crippen molar-refractivity contribution in [3.8, 4) is 0 Å². The number of rotatable bonds is 11. The van der Waals surface area contributed by atoms with E-state index in [-0.39, 0.29) is 11.7 Å². The Balaban J connectivity index is 1.65. The van der Waals surface area contributed by atoms with E-state index in [9.17, 15) is 13.2 Å². The third kappa shape index (κ3) is 7.61. The van der Waals surface area contributed by atoms with Crippen molar-refractivity contribution in [1.82, 2.24) is 9.88 Å². The maximum absolute atomic E-state index is 13.1. The van der Waals surface area contributed by atoms with Crippen molar-refractivity contribution in [3.63, 3.8) is 0 Å². The molecule has 0 saturated carbocycles. The fourth-order valence-corrected chi connectivity index (χ4v) is 4.82. The zero-order valence-electron chi connectivity index (χ0n) is 18.5. The smallest absolute Gasteiger partial charge is 0.238 e. The summed E-state index contributed by atoms with van der Waals surface area (Å²) in [4.78, 5) is 18.8. The lowest BCUT2D eigenvalue weighted by Crippen LogP contribution is -2.35. The van der Waals surface area contributed by atoms with Crippen LogP contribution in [0.3, 0.4) is 0 Å². The van der Waals surface area contributed by atoms with Crippen molar-refractivity contribution in [3.05, 3.63) is 101 Å². The Bertz CT molecular complexity index is 1080. The molecule has 3 rings (SSSR count). The quantitative estimate of drug-likeness (QED) is 0.439. The third-order valence-corrected chi connectivity index (χ3v) is 6.96. The number of amides is 1. The Morgan fingerprint density at radius 2 is 1.50 bits per heavy atom. The van der Waals surface area contributed by atoms with Crippen molar-refractivity contribution in [2.45, 2.75) is 39.3 Å². The molecule has 0 radical (unpaired) electrons. The van der Waals surface area contributed by atoms with Gasteiger partial charge in [0.2, 0.25) is 5.91 Å². The van der Waals surface area contributed by atoms with Crippen LogP contribution in [0, 0.1) is 0 Å². The normalized spacial score (nSPS) is 11.3. The molecule has 5 nitrogen and oxygen atoms in total. The molecule has 1 heterocycles. The summed E-state index contributed by atoms with van der Waals surface area (Å²) in [5.74, 6) is -0.859. The molecule has 2 aromatic carbocycles. The molecular weight excluding hydrogens is 420 g/mol. The molecule has 0 unspecified atom stereocenters. The molecule has 6 heteroatoms. The van der Waals surface area contributed by atoms with Crippen molar-refractivity contribution < 1.29 is 13.2 Å². The maximum atomic E-state index is 13.1. The number of carbonyl (C=O) groups excluding carboxylic acids is 1. The summed E-state index contributed by atoms with van der Waals surface area (Å²) in [7, 11) is -3.50. The first kappa shape index (κ1) is 23.7.